The van der Waals surface area contributed by atoms with E-state index in [0.29, 0.717) is 38.2 Å². The zero-order valence-corrected chi connectivity index (χ0v) is 20.2. The van der Waals surface area contributed by atoms with Crippen LogP contribution in [0.3, 0.4) is 0 Å². The van der Waals surface area contributed by atoms with Crippen molar-refractivity contribution in [1.29, 1.82) is 0 Å². The zero-order valence-electron chi connectivity index (χ0n) is 17.1. The molecule has 33 heavy (non-hydrogen) atoms. The van der Waals surface area contributed by atoms with Crippen LogP contribution in [-0.4, -0.2) is 20.8 Å². The van der Waals surface area contributed by atoms with E-state index in [4.69, 9.17) is 32.5 Å². The summed E-state index contributed by atoms with van der Waals surface area (Å²) in [4.78, 5) is 12.9. The van der Waals surface area contributed by atoms with Gasteiger partial charge in [0.2, 0.25) is 0 Å². The Hall–Kier alpha value is -2.88. The number of carbonyl (C=O) groups is 1. The van der Waals surface area contributed by atoms with Gasteiger partial charge in [-0.1, -0.05) is 46.6 Å². The number of hydrogen-bond donors (Lipinski definition) is 1. The van der Waals surface area contributed by atoms with Crippen LogP contribution in [0.25, 0.3) is 0 Å². The van der Waals surface area contributed by atoms with Crippen molar-refractivity contribution in [3.05, 3.63) is 91.6 Å². The van der Waals surface area contributed by atoms with Crippen molar-refractivity contribution < 1.29 is 18.4 Å². The topological polar surface area (TPSA) is 82.2 Å². The Kier molecular flexibility index (Phi) is 7.02. The monoisotopic (exact) mass is 552 g/mol. The van der Waals surface area contributed by atoms with Crippen molar-refractivity contribution in [3.8, 4) is 5.75 Å². The maximum absolute atomic E-state index is 13.8. The van der Waals surface area contributed by atoms with E-state index in [-0.39, 0.29) is 18.1 Å². The number of halogens is 4. The van der Waals surface area contributed by atoms with Gasteiger partial charge in [0, 0.05) is 6.20 Å². The van der Waals surface area contributed by atoms with Crippen LogP contribution >= 0.6 is 39.1 Å². The number of carbonyl (C=O) groups excluding carboxylic acids is 1. The second kappa shape index (κ2) is 9.94. The van der Waals surface area contributed by atoms with Gasteiger partial charge in [-0.25, -0.2) is 4.39 Å². The van der Waals surface area contributed by atoms with Crippen LogP contribution in [-0.2, 0) is 13.2 Å². The quantitative estimate of drug-likeness (QED) is 0.292. The standard InChI is InChI=1S/C22H16BrCl2FN4O3/c1-12-14(11-32-19-5-3-2-4-18(19)26)20(29-33-12)22(31)27-21-15(23)10-30(28-21)9-13-6-7-16(24)17(25)8-13/h2-8,10H,9,11H2,1H3,(H,27,28,31). The molecular weight excluding hydrogens is 538 g/mol. The molecule has 4 aromatic rings. The second-order valence-electron chi connectivity index (χ2n) is 7.01. The molecule has 1 N–H and O–H groups in total. The second-order valence-corrected chi connectivity index (χ2v) is 8.68. The third-order valence-corrected chi connectivity index (χ3v) is 6.01. The smallest absolute Gasteiger partial charge is 0.279 e. The molecule has 0 saturated heterocycles. The maximum Gasteiger partial charge on any atom is 0.279 e. The van der Waals surface area contributed by atoms with Gasteiger partial charge in [-0.05, 0) is 52.7 Å². The number of anilines is 1. The molecule has 0 bridgehead atoms. The number of ether oxygens (including phenoxy) is 1. The molecule has 170 valence electrons. The fourth-order valence-corrected chi connectivity index (χ4v) is 3.74. The molecule has 0 fully saturated rings. The summed E-state index contributed by atoms with van der Waals surface area (Å²) < 4.78 is 26.7. The third-order valence-electron chi connectivity index (χ3n) is 4.69. The summed E-state index contributed by atoms with van der Waals surface area (Å²) in [7, 11) is 0. The van der Waals surface area contributed by atoms with Gasteiger partial charge in [0.25, 0.3) is 5.91 Å². The Balaban J connectivity index is 1.47. The molecule has 0 aliphatic carbocycles. The summed E-state index contributed by atoms with van der Waals surface area (Å²) in [6, 6.07) is 11.3. The van der Waals surface area contributed by atoms with Crippen LogP contribution in [0.2, 0.25) is 10.0 Å². The Morgan fingerprint density at radius 1 is 1.24 bits per heavy atom. The van der Waals surface area contributed by atoms with Crippen LogP contribution in [0, 0.1) is 12.7 Å². The summed E-state index contributed by atoms with van der Waals surface area (Å²) >= 11 is 15.4. The average molecular weight is 554 g/mol. The summed E-state index contributed by atoms with van der Waals surface area (Å²) in [6.45, 7) is 1.97. The van der Waals surface area contributed by atoms with Crippen molar-refractivity contribution >= 4 is 50.9 Å². The van der Waals surface area contributed by atoms with Crippen LogP contribution in [0.5, 0.6) is 5.75 Å². The number of nitrogens with zero attached hydrogens (tertiary/aromatic N) is 3. The van der Waals surface area contributed by atoms with E-state index in [2.05, 4.69) is 31.5 Å². The lowest BCUT2D eigenvalue weighted by Gasteiger charge is -2.07. The number of aromatic nitrogens is 3. The first kappa shape index (κ1) is 23.3. The molecule has 4 rings (SSSR count). The first-order valence-electron chi connectivity index (χ1n) is 9.62. The minimum atomic E-state index is -0.542. The lowest BCUT2D eigenvalue weighted by Crippen LogP contribution is -2.16. The predicted octanol–water partition coefficient (Wildman–Crippen LogP) is 6.27. The summed E-state index contributed by atoms with van der Waals surface area (Å²) in [5.41, 5.74) is 1.31. The molecule has 2 aromatic carbocycles. The zero-order chi connectivity index (χ0) is 23.5. The van der Waals surface area contributed by atoms with Crippen molar-refractivity contribution in [1.82, 2.24) is 14.9 Å². The number of amides is 1. The number of aryl methyl sites for hydroxylation is 1. The van der Waals surface area contributed by atoms with Crippen LogP contribution in [0.15, 0.2) is 57.7 Å². The molecule has 0 atom stereocenters. The first-order chi connectivity index (χ1) is 15.8. The summed E-state index contributed by atoms with van der Waals surface area (Å²) in [5.74, 6) is -0.302. The molecule has 7 nitrogen and oxygen atoms in total. The predicted molar refractivity (Wildman–Crippen MR) is 125 cm³/mol. The highest BCUT2D eigenvalue weighted by Gasteiger charge is 2.22. The molecule has 11 heteroatoms. The fourth-order valence-electron chi connectivity index (χ4n) is 3.01. The number of benzene rings is 2. The SMILES string of the molecule is Cc1onc(C(=O)Nc2nn(Cc3ccc(Cl)c(Cl)c3)cc2Br)c1COc1ccccc1F. The molecule has 0 aliphatic heterocycles. The molecular formula is C22H16BrCl2FN4O3. The normalized spacial score (nSPS) is 10.9. The van der Waals surface area contributed by atoms with Gasteiger partial charge in [-0.3, -0.25) is 9.48 Å². The van der Waals surface area contributed by atoms with E-state index in [1.54, 1.807) is 42.1 Å². The molecule has 2 heterocycles. The Labute approximate surface area is 206 Å². The number of para-hydroxylation sites is 1. The van der Waals surface area contributed by atoms with Crippen molar-refractivity contribution in [3.63, 3.8) is 0 Å². The van der Waals surface area contributed by atoms with Crippen molar-refractivity contribution in [2.75, 3.05) is 5.32 Å². The van der Waals surface area contributed by atoms with E-state index in [0.717, 1.165) is 5.56 Å². The number of rotatable bonds is 7. The minimum Gasteiger partial charge on any atom is -0.486 e. The van der Waals surface area contributed by atoms with Crippen molar-refractivity contribution in [2.45, 2.75) is 20.1 Å². The highest BCUT2D eigenvalue weighted by molar-refractivity contribution is 9.10. The molecule has 0 aliphatic rings. The molecule has 1 amide bonds. The Morgan fingerprint density at radius 2 is 2.03 bits per heavy atom. The van der Waals surface area contributed by atoms with Gasteiger partial charge in [0.1, 0.15) is 12.4 Å². The molecule has 2 aromatic heterocycles. The van der Waals surface area contributed by atoms with Gasteiger partial charge >= 0.3 is 0 Å². The van der Waals surface area contributed by atoms with Crippen LogP contribution in [0.4, 0.5) is 10.2 Å². The fraction of sp³-hybridized carbons (Fsp3) is 0.136. The van der Waals surface area contributed by atoms with E-state index in [1.807, 2.05) is 6.07 Å². The lowest BCUT2D eigenvalue weighted by molar-refractivity contribution is 0.101. The van der Waals surface area contributed by atoms with E-state index >= 15 is 0 Å². The highest BCUT2D eigenvalue weighted by atomic mass is 79.9. The number of nitrogens with one attached hydrogen (secondary N) is 1. The molecule has 0 spiro atoms. The maximum atomic E-state index is 13.8. The van der Waals surface area contributed by atoms with Crippen LogP contribution < -0.4 is 10.1 Å². The van der Waals surface area contributed by atoms with Gasteiger partial charge in [0.05, 0.1) is 26.6 Å². The van der Waals surface area contributed by atoms with Gasteiger partial charge < -0.3 is 14.6 Å². The average Bonchev–Trinajstić information content (AvgIpc) is 3.32. The Bertz CT molecular complexity index is 1320. The first-order valence-corrected chi connectivity index (χ1v) is 11.2. The largest absolute Gasteiger partial charge is 0.486 e. The summed E-state index contributed by atoms with van der Waals surface area (Å²) in [5, 5.41) is 11.8. The van der Waals surface area contributed by atoms with Crippen molar-refractivity contribution in [2.24, 2.45) is 0 Å². The lowest BCUT2D eigenvalue weighted by atomic mass is 10.2. The molecule has 0 radical (unpaired) electrons. The van der Waals surface area contributed by atoms with E-state index in [1.165, 1.54) is 12.1 Å². The van der Waals surface area contributed by atoms with Crippen LogP contribution in [0.1, 0.15) is 27.4 Å². The highest BCUT2D eigenvalue weighted by Crippen LogP contribution is 2.26. The van der Waals surface area contributed by atoms with Gasteiger partial charge in [-0.15, -0.1) is 0 Å². The van der Waals surface area contributed by atoms with E-state index < -0.39 is 11.7 Å². The third kappa shape index (κ3) is 5.38. The molecule has 0 unspecified atom stereocenters. The van der Waals surface area contributed by atoms with E-state index in [9.17, 15) is 9.18 Å². The van der Waals surface area contributed by atoms with Gasteiger partial charge in [-0.2, -0.15) is 5.10 Å². The molecule has 0 saturated carbocycles. The summed E-state index contributed by atoms with van der Waals surface area (Å²) in [6.07, 6.45) is 1.72. The number of hydrogen-bond acceptors (Lipinski definition) is 5. The van der Waals surface area contributed by atoms with Gasteiger partial charge in [0.15, 0.2) is 23.1 Å². The minimum absolute atomic E-state index is 0.0229. The Morgan fingerprint density at radius 3 is 2.79 bits per heavy atom.